The predicted molar refractivity (Wildman–Crippen MR) is 75.8 cm³/mol. The molecule has 0 aliphatic carbocycles. The van der Waals surface area contributed by atoms with Gasteiger partial charge >= 0.3 is 0 Å². The Balaban J connectivity index is 2.64. The van der Waals surface area contributed by atoms with Crippen molar-refractivity contribution in [2.45, 2.75) is 13.5 Å². The minimum Gasteiger partial charge on any atom is -0.358 e. The number of benzene rings is 1. The molecule has 0 spiro atoms. The molecule has 0 saturated heterocycles. The molecule has 0 aliphatic heterocycles. The first-order chi connectivity index (χ1) is 7.49. The molecule has 1 N–H and O–H groups in total. The van der Waals surface area contributed by atoms with Gasteiger partial charge in [0.05, 0.1) is 0 Å². The molecule has 2 nitrogen and oxygen atoms in total. The maximum atomic E-state index is 3.55. The molecule has 0 amide bonds. The van der Waals surface area contributed by atoms with Crippen LogP contribution < -0.4 is 0 Å². The Bertz CT molecular complexity index is 529. The largest absolute Gasteiger partial charge is 0.358 e. The van der Waals surface area contributed by atoms with E-state index < -0.39 is 0 Å². The third-order valence-electron chi connectivity index (χ3n) is 2.63. The van der Waals surface area contributed by atoms with Crippen LogP contribution in [0.2, 0.25) is 0 Å². The zero-order valence-electron chi connectivity index (χ0n) is 9.56. The van der Waals surface area contributed by atoms with Gasteiger partial charge in [0.15, 0.2) is 0 Å². The summed E-state index contributed by atoms with van der Waals surface area (Å²) in [5.41, 5.74) is 3.80. The summed E-state index contributed by atoms with van der Waals surface area (Å²) in [4.78, 5) is 5.61. The Kier molecular flexibility index (Phi) is 3.42. The lowest BCUT2D eigenvalue weighted by Crippen LogP contribution is -2.11. The molecule has 0 radical (unpaired) electrons. The second-order valence-electron chi connectivity index (χ2n) is 4.28. The number of fused-ring (bicyclic) bond motifs is 1. The van der Waals surface area contributed by atoms with Crippen molar-refractivity contribution < 1.29 is 0 Å². The van der Waals surface area contributed by atoms with Crippen LogP contribution in [0.5, 0.6) is 0 Å². The molecule has 86 valence electrons. The van der Waals surface area contributed by atoms with Crippen molar-refractivity contribution in [1.29, 1.82) is 0 Å². The number of aryl methyl sites for hydroxylation is 1. The lowest BCUT2D eigenvalue weighted by atomic mass is 10.1. The average Bonchev–Trinajstić information content (AvgIpc) is 2.45. The molecule has 1 aromatic heterocycles. The highest BCUT2D eigenvalue weighted by molar-refractivity contribution is 9.13. The van der Waals surface area contributed by atoms with E-state index in [0.29, 0.717) is 0 Å². The van der Waals surface area contributed by atoms with Crippen molar-refractivity contribution in [1.82, 2.24) is 9.88 Å². The van der Waals surface area contributed by atoms with Crippen LogP contribution in [0.15, 0.2) is 21.1 Å². The summed E-state index contributed by atoms with van der Waals surface area (Å²) in [6.07, 6.45) is 0. The van der Waals surface area contributed by atoms with E-state index in [1.165, 1.54) is 22.2 Å². The minimum atomic E-state index is 0.958. The van der Waals surface area contributed by atoms with E-state index in [9.17, 15) is 0 Å². The van der Waals surface area contributed by atoms with E-state index in [1.807, 2.05) is 0 Å². The fourth-order valence-electron chi connectivity index (χ4n) is 1.90. The van der Waals surface area contributed by atoms with Gasteiger partial charge in [-0.1, -0.05) is 0 Å². The summed E-state index contributed by atoms with van der Waals surface area (Å²) in [7, 11) is 4.18. The SMILES string of the molecule is Cc1[nH]c2cc(Br)c(Br)cc2c1CN(C)C. The number of hydrogen-bond donors (Lipinski definition) is 1. The highest BCUT2D eigenvalue weighted by Gasteiger charge is 2.11. The lowest BCUT2D eigenvalue weighted by molar-refractivity contribution is 0.403. The zero-order chi connectivity index (χ0) is 11.9. The Morgan fingerprint density at radius 2 is 1.81 bits per heavy atom. The standard InChI is InChI=1S/C12H14Br2N2/c1-7-9(6-16(2)3)8-4-10(13)11(14)5-12(8)15-7/h4-5,15H,6H2,1-3H3. The molecule has 0 unspecified atom stereocenters. The van der Waals surface area contributed by atoms with Crippen molar-refractivity contribution in [3.8, 4) is 0 Å². The van der Waals surface area contributed by atoms with Gasteiger partial charge in [-0.05, 0) is 70.6 Å². The van der Waals surface area contributed by atoms with Crippen molar-refractivity contribution in [2.75, 3.05) is 14.1 Å². The molecule has 0 bridgehead atoms. The van der Waals surface area contributed by atoms with Crippen LogP contribution in [0.25, 0.3) is 10.9 Å². The summed E-state index contributed by atoms with van der Waals surface area (Å²) >= 11 is 7.08. The minimum absolute atomic E-state index is 0.958. The molecule has 16 heavy (non-hydrogen) atoms. The van der Waals surface area contributed by atoms with Crippen LogP contribution in [-0.2, 0) is 6.54 Å². The highest BCUT2D eigenvalue weighted by atomic mass is 79.9. The molecule has 1 aromatic carbocycles. The molecular weight excluding hydrogens is 332 g/mol. The monoisotopic (exact) mass is 344 g/mol. The van der Waals surface area contributed by atoms with E-state index in [1.54, 1.807) is 0 Å². The molecule has 0 aliphatic rings. The fourth-order valence-corrected chi connectivity index (χ4v) is 2.59. The quantitative estimate of drug-likeness (QED) is 0.869. The smallest absolute Gasteiger partial charge is 0.0471 e. The normalized spacial score (nSPS) is 11.6. The topological polar surface area (TPSA) is 19.0 Å². The molecular formula is C12H14Br2N2. The second kappa shape index (κ2) is 4.51. The molecule has 1 heterocycles. The summed E-state index contributed by atoms with van der Waals surface area (Å²) in [5, 5.41) is 1.29. The summed E-state index contributed by atoms with van der Waals surface area (Å²) in [6.45, 7) is 3.08. The summed E-state index contributed by atoms with van der Waals surface area (Å²) in [6, 6.07) is 4.29. The Morgan fingerprint density at radius 1 is 1.19 bits per heavy atom. The number of aromatic nitrogens is 1. The van der Waals surface area contributed by atoms with Gasteiger partial charge < -0.3 is 9.88 Å². The number of hydrogen-bond acceptors (Lipinski definition) is 1. The molecule has 0 saturated carbocycles. The van der Waals surface area contributed by atoms with Crippen LogP contribution in [0.3, 0.4) is 0 Å². The Labute approximate surface area is 112 Å². The number of nitrogens with zero attached hydrogens (tertiary/aromatic N) is 1. The van der Waals surface area contributed by atoms with Crippen molar-refractivity contribution in [3.05, 3.63) is 32.3 Å². The summed E-state index contributed by atoms with van der Waals surface area (Å²) < 4.78 is 2.18. The zero-order valence-corrected chi connectivity index (χ0v) is 12.7. The Morgan fingerprint density at radius 3 is 2.44 bits per heavy atom. The van der Waals surface area contributed by atoms with E-state index >= 15 is 0 Å². The highest BCUT2D eigenvalue weighted by Crippen LogP contribution is 2.31. The number of nitrogens with one attached hydrogen (secondary N) is 1. The third kappa shape index (κ3) is 2.19. The molecule has 0 fully saturated rings. The van der Waals surface area contributed by atoms with Crippen molar-refractivity contribution >= 4 is 42.8 Å². The first kappa shape index (κ1) is 12.1. The first-order valence-electron chi connectivity index (χ1n) is 5.10. The van der Waals surface area contributed by atoms with Crippen molar-refractivity contribution in [2.24, 2.45) is 0 Å². The maximum Gasteiger partial charge on any atom is 0.0471 e. The van der Waals surface area contributed by atoms with Crippen LogP contribution in [0.4, 0.5) is 0 Å². The van der Waals surface area contributed by atoms with Crippen molar-refractivity contribution in [3.63, 3.8) is 0 Å². The van der Waals surface area contributed by atoms with Gasteiger partial charge in [0.2, 0.25) is 0 Å². The van der Waals surface area contributed by atoms with Gasteiger partial charge in [-0.25, -0.2) is 0 Å². The van der Waals surface area contributed by atoms with E-state index in [4.69, 9.17) is 0 Å². The lowest BCUT2D eigenvalue weighted by Gasteiger charge is -2.09. The second-order valence-corrected chi connectivity index (χ2v) is 5.99. The van der Waals surface area contributed by atoms with Gasteiger partial charge in [0, 0.05) is 32.1 Å². The number of H-pyrrole nitrogens is 1. The number of aromatic amines is 1. The number of rotatable bonds is 2. The first-order valence-corrected chi connectivity index (χ1v) is 6.68. The van der Waals surface area contributed by atoms with Gasteiger partial charge in [-0.3, -0.25) is 0 Å². The third-order valence-corrected chi connectivity index (χ3v) is 4.48. The molecule has 4 heteroatoms. The van der Waals surface area contributed by atoms with Crippen LogP contribution >= 0.6 is 31.9 Å². The van der Waals surface area contributed by atoms with Crippen LogP contribution in [-0.4, -0.2) is 24.0 Å². The molecule has 0 atom stereocenters. The maximum absolute atomic E-state index is 3.55. The predicted octanol–water partition coefficient (Wildman–Crippen LogP) is 4.06. The Hall–Kier alpha value is -0.320. The van der Waals surface area contributed by atoms with E-state index in [-0.39, 0.29) is 0 Å². The van der Waals surface area contributed by atoms with Gasteiger partial charge in [0.25, 0.3) is 0 Å². The van der Waals surface area contributed by atoms with Crippen LogP contribution in [0.1, 0.15) is 11.3 Å². The fraction of sp³-hybridized carbons (Fsp3) is 0.333. The van der Waals surface area contributed by atoms with Gasteiger partial charge in [-0.2, -0.15) is 0 Å². The molecule has 2 rings (SSSR count). The van der Waals surface area contributed by atoms with Gasteiger partial charge in [0.1, 0.15) is 0 Å². The summed E-state index contributed by atoms with van der Waals surface area (Å²) in [5.74, 6) is 0. The average molecular weight is 346 g/mol. The van der Waals surface area contributed by atoms with Gasteiger partial charge in [-0.15, -0.1) is 0 Å². The molecule has 2 aromatic rings. The van der Waals surface area contributed by atoms with E-state index in [0.717, 1.165) is 15.5 Å². The van der Waals surface area contributed by atoms with E-state index in [2.05, 4.69) is 74.9 Å². The number of halogens is 2. The van der Waals surface area contributed by atoms with Crippen LogP contribution in [0, 0.1) is 6.92 Å².